The van der Waals surface area contributed by atoms with Crippen LogP contribution in [-0.4, -0.2) is 38.8 Å². The van der Waals surface area contributed by atoms with Gasteiger partial charge in [0.25, 0.3) is 0 Å². The molecule has 0 amide bonds. The third-order valence-electron chi connectivity index (χ3n) is 4.10. The first-order valence-electron chi connectivity index (χ1n) is 8.10. The maximum atomic E-state index is 5.63. The molecule has 0 unspecified atom stereocenters. The van der Waals surface area contributed by atoms with Crippen molar-refractivity contribution in [3.05, 3.63) is 29.0 Å². The van der Waals surface area contributed by atoms with Gasteiger partial charge < -0.3 is 9.47 Å². The van der Waals surface area contributed by atoms with E-state index in [1.54, 1.807) is 11.3 Å². The van der Waals surface area contributed by atoms with Crippen LogP contribution in [0.2, 0.25) is 0 Å². The first-order chi connectivity index (χ1) is 11.9. The van der Waals surface area contributed by atoms with Crippen molar-refractivity contribution in [2.45, 2.75) is 30.1 Å². The van der Waals surface area contributed by atoms with Crippen molar-refractivity contribution >= 4 is 28.1 Å². The Hall–Kier alpha value is -1.80. The third kappa shape index (κ3) is 2.73. The van der Waals surface area contributed by atoms with Crippen molar-refractivity contribution in [1.82, 2.24) is 19.8 Å². The van der Waals surface area contributed by atoms with Crippen molar-refractivity contribution in [1.29, 1.82) is 0 Å². The molecule has 1 aromatic carbocycles. The van der Waals surface area contributed by atoms with E-state index < -0.39 is 0 Å². The molecule has 1 aliphatic heterocycles. The third-order valence-corrected chi connectivity index (χ3v) is 6.05. The summed E-state index contributed by atoms with van der Waals surface area (Å²) < 4.78 is 13.1. The molecule has 5 rings (SSSR count). The van der Waals surface area contributed by atoms with Crippen LogP contribution in [0.4, 0.5) is 0 Å². The van der Waals surface area contributed by atoms with Crippen molar-refractivity contribution < 1.29 is 9.47 Å². The second-order valence-electron chi connectivity index (χ2n) is 5.93. The Morgan fingerprint density at radius 1 is 1.17 bits per heavy atom. The summed E-state index contributed by atoms with van der Waals surface area (Å²) in [7, 11) is 0. The first kappa shape index (κ1) is 14.5. The molecule has 0 spiro atoms. The van der Waals surface area contributed by atoms with E-state index in [1.165, 1.54) is 17.7 Å². The second-order valence-corrected chi connectivity index (χ2v) is 8.14. The Kier molecular flexibility index (Phi) is 3.59. The normalized spacial score (nSPS) is 16.7. The lowest BCUT2D eigenvalue weighted by Gasteiger charge is -2.18. The van der Waals surface area contributed by atoms with E-state index >= 15 is 0 Å². The summed E-state index contributed by atoms with van der Waals surface area (Å²) in [5.74, 6) is 4.27. The highest BCUT2D eigenvalue weighted by molar-refractivity contribution is 7.99. The molecule has 3 heterocycles. The number of fused-ring (bicyclic) bond motifs is 2. The fourth-order valence-electron chi connectivity index (χ4n) is 2.74. The number of aryl methyl sites for hydroxylation is 1. The standard InChI is InChI=1S/C16H16N4O2S2/c1-2-10(1)15-17-18-16-20(15)19-14(24-16)5-8-23-11-3-4-12-13(9-11)22-7-6-21-12/h3-4,9-10H,1-2,5-8H2. The molecule has 8 heteroatoms. The van der Waals surface area contributed by atoms with Crippen molar-refractivity contribution in [3.8, 4) is 11.5 Å². The lowest BCUT2D eigenvalue weighted by atomic mass is 10.3. The van der Waals surface area contributed by atoms with Gasteiger partial charge in [-0.2, -0.15) is 9.61 Å². The molecule has 24 heavy (non-hydrogen) atoms. The zero-order valence-corrected chi connectivity index (χ0v) is 14.6. The lowest BCUT2D eigenvalue weighted by molar-refractivity contribution is 0.171. The van der Waals surface area contributed by atoms with E-state index in [4.69, 9.17) is 9.47 Å². The number of nitrogens with zero attached hydrogens (tertiary/aromatic N) is 4. The number of aromatic nitrogens is 4. The van der Waals surface area contributed by atoms with Gasteiger partial charge in [-0.3, -0.25) is 0 Å². The SMILES string of the molecule is c1cc2c(cc1SCCc1nn3c(C4CC4)nnc3s1)OCCO2. The minimum absolute atomic E-state index is 0.571. The van der Waals surface area contributed by atoms with Crippen molar-refractivity contribution in [2.24, 2.45) is 0 Å². The van der Waals surface area contributed by atoms with Crippen LogP contribution in [0, 0.1) is 0 Å². The highest BCUT2D eigenvalue weighted by Gasteiger charge is 2.29. The molecule has 0 saturated heterocycles. The zero-order valence-electron chi connectivity index (χ0n) is 13.0. The van der Waals surface area contributed by atoms with Gasteiger partial charge in [-0.15, -0.1) is 22.0 Å². The molecule has 2 aliphatic rings. The molecule has 1 aliphatic carbocycles. The minimum Gasteiger partial charge on any atom is -0.486 e. The molecular formula is C16H16N4O2S2. The average molecular weight is 360 g/mol. The summed E-state index contributed by atoms with van der Waals surface area (Å²) in [5, 5.41) is 14.3. The summed E-state index contributed by atoms with van der Waals surface area (Å²) in [6.45, 7) is 1.25. The van der Waals surface area contributed by atoms with E-state index in [-0.39, 0.29) is 0 Å². The van der Waals surface area contributed by atoms with E-state index in [1.807, 2.05) is 22.3 Å². The second kappa shape index (κ2) is 5.93. The molecular weight excluding hydrogens is 344 g/mol. The molecule has 2 aromatic heterocycles. The fourth-order valence-corrected chi connectivity index (χ4v) is 4.59. The van der Waals surface area contributed by atoms with Gasteiger partial charge in [0.1, 0.15) is 18.2 Å². The molecule has 0 radical (unpaired) electrons. The molecule has 3 aromatic rings. The van der Waals surface area contributed by atoms with Crippen molar-refractivity contribution in [2.75, 3.05) is 19.0 Å². The van der Waals surface area contributed by atoms with Gasteiger partial charge in [-0.05, 0) is 31.0 Å². The number of hydrogen-bond acceptors (Lipinski definition) is 7. The van der Waals surface area contributed by atoms with Crippen molar-refractivity contribution in [3.63, 3.8) is 0 Å². The predicted octanol–water partition coefficient (Wildman–Crippen LogP) is 3.17. The van der Waals surface area contributed by atoms with Crippen LogP contribution >= 0.6 is 23.1 Å². The number of rotatable bonds is 5. The molecule has 0 atom stereocenters. The van der Waals surface area contributed by atoms with Gasteiger partial charge in [-0.25, -0.2) is 0 Å². The van der Waals surface area contributed by atoms with Crippen LogP contribution in [0.3, 0.4) is 0 Å². The quantitative estimate of drug-likeness (QED) is 0.651. The summed E-state index contributed by atoms with van der Waals surface area (Å²) in [6, 6.07) is 6.13. The molecule has 124 valence electrons. The smallest absolute Gasteiger partial charge is 0.234 e. The van der Waals surface area contributed by atoms with Crippen LogP contribution in [0.1, 0.15) is 29.6 Å². The van der Waals surface area contributed by atoms with E-state index in [9.17, 15) is 0 Å². The van der Waals surface area contributed by atoms with Gasteiger partial charge in [0.15, 0.2) is 17.3 Å². The largest absolute Gasteiger partial charge is 0.486 e. The van der Waals surface area contributed by atoms with Crippen LogP contribution in [0.15, 0.2) is 23.1 Å². The summed E-state index contributed by atoms with van der Waals surface area (Å²) >= 11 is 3.45. The van der Waals surface area contributed by atoms with Crippen LogP contribution in [0.25, 0.3) is 4.96 Å². The maximum Gasteiger partial charge on any atom is 0.234 e. The van der Waals surface area contributed by atoms with Gasteiger partial charge in [0, 0.05) is 23.0 Å². The Labute approximate surface area is 147 Å². The number of hydrogen-bond donors (Lipinski definition) is 0. The number of ether oxygens (including phenoxy) is 2. The van der Waals surface area contributed by atoms with Crippen LogP contribution < -0.4 is 9.47 Å². The van der Waals surface area contributed by atoms with E-state index in [0.29, 0.717) is 19.1 Å². The fraction of sp³-hybridized carbons (Fsp3) is 0.438. The highest BCUT2D eigenvalue weighted by atomic mass is 32.2. The summed E-state index contributed by atoms with van der Waals surface area (Å²) in [4.78, 5) is 2.11. The van der Waals surface area contributed by atoms with E-state index in [2.05, 4.69) is 27.4 Å². The highest BCUT2D eigenvalue weighted by Crippen LogP contribution is 2.39. The summed E-state index contributed by atoms with van der Waals surface area (Å²) in [5.41, 5.74) is 0. The first-order valence-corrected chi connectivity index (χ1v) is 9.90. The van der Waals surface area contributed by atoms with Gasteiger partial charge >= 0.3 is 0 Å². The van der Waals surface area contributed by atoms with Gasteiger partial charge in [0.2, 0.25) is 4.96 Å². The maximum absolute atomic E-state index is 5.63. The van der Waals surface area contributed by atoms with Gasteiger partial charge in [-0.1, -0.05) is 11.3 Å². The van der Waals surface area contributed by atoms with Crippen LogP contribution in [0.5, 0.6) is 11.5 Å². The zero-order chi connectivity index (χ0) is 15.9. The monoisotopic (exact) mass is 360 g/mol. The predicted molar refractivity (Wildman–Crippen MR) is 92.5 cm³/mol. The Balaban J connectivity index is 1.24. The molecule has 6 nitrogen and oxygen atoms in total. The lowest BCUT2D eigenvalue weighted by Crippen LogP contribution is -2.15. The van der Waals surface area contributed by atoms with Gasteiger partial charge in [0.05, 0.1) is 0 Å². The molecule has 0 N–H and O–H groups in total. The Morgan fingerprint density at radius 2 is 2.04 bits per heavy atom. The Bertz CT molecular complexity index is 887. The molecule has 0 bridgehead atoms. The van der Waals surface area contributed by atoms with E-state index in [0.717, 1.165) is 39.5 Å². The number of thioether (sulfide) groups is 1. The molecule has 1 saturated carbocycles. The average Bonchev–Trinajstić information content (AvgIpc) is 3.25. The number of benzene rings is 1. The molecule has 1 fully saturated rings. The Morgan fingerprint density at radius 3 is 2.92 bits per heavy atom. The van der Waals surface area contributed by atoms with Crippen LogP contribution in [-0.2, 0) is 6.42 Å². The summed E-state index contributed by atoms with van der Waals surface area (Å²) in [6.07, 6.45) is 3.36. The minimum atomic E-state index is 0.571. The topological polar surface area (TPSA) is 61.5 Å².